The van der Waals surface area contributed by atoms with Crippen LogP contribution in [0.25, 0.3) is 0 Å². The highest BCUT2D eigenvalue weighted by Crippen LogP contribution is 2.43. The average Bonchev–Trinajstić information content (AvgIpc) is 2.99. The van der Waals surface area contributed by atoms with Crippen LogP contribution in [0.3, 0.4) is 0 Å². The predicted octanol–water partition coefficient (Wildman–Crippen LogP) is 1.67. The number of carbonyl (C=O) groups is 3. The van der Waals surface area contributed by atoms with E-state index in [0.29, 0.717) is 25.9 Å². The van der Waals surface area contributed by atoms with Crippen molar-refractivity contribution in [3.05, 3.63) is 0 Å². The number of nitrogens with zero attached hydrogens (tertiary/aromatic N) is 2. The van der Waals surface area contributed by atoms with Gasteiger partial charge in [-0.3, -0.25) is 4.79 Å². The van der Waals surface area contributed by atoms with Gasteiger partial charge in [-0.15, -0.1) is 0 Å². The van der Waals surface area contributed by atoms with Gasteiger partial charge in [0.05, 0.1) is 0 Å². The molecule has 3 atom stereocenters. The lowest BCUT2D eigenvalue weighted by atomic mass is 10.1. The zero-order valence-corrected chi connectivity index (χ0v) is 14.9. The smallest absolute Gasteiger partial charge is 0.329 e. The van der Waals surface area contributed by atoms with Crippen molar-refractivity contribution in [2.75, 3.05) is 20.1 Å². The van der Waals surface area contributed by atoms with E-state index < -0.39 is 17.6 Å². The molecule has 1 heterocycles. The standard InChI is InChI=1S/C17H29N3O4/c1-4-5-6-9-19(3)16(24)20-10-7-8-13(20)14(21)18-17(15(22)23)11-12(17)2/h12-13H,4-11H2,1-3H3,(H,18,21)(H,22,23)/t12-,13+,17-/m1/s1. The highest BCUT2D eigenvalue weighted by Gasteiger charge is 2.59. The van der Waals surface area contributed by atoms with E-state index in [1.807, 2.05) is 6.92 Å². The molecule has 0 aromatic heterocycles. The van der Waals surface area contributed by atoms with E-state index in [1.165, 1.54) is 0 Å². The molecule has 0 aromatic rings. The number of hydrogen-bond acceptors (Lipinski definition) is 3. The van der Waals surface area contributed by atoms with Crippen LogP contribution in [0.1, 0.15) is 52.4 Å². The number of hydrogen-bond donors (Lipinski definition) is 2. The minimum Gasteiger partial charge on any atom is -0.479 e. The first kappa shape index (κ1) is 18.5. The molecule has 1 aliphatic carbocycles. The van der Waals surface area contributed by atoms with Gasteiger partial charge in [-0.2, -0.15) is 0 Å². The lowest BCUT2D eigenvalue weighted by molar-refractivity contribution is -0.144. The van der Waals surface area contributed by atoms with E-state index in [2.05, 4.69) is 12.2 Å². The molecule has 2 aliphatic rings. The summed E-state index contributed by atoms with van der Waals surface area (Å²) < 4.78 is 0. The summed E-state index contributed by atoms with van der Waals surface area (Å²) in [6.45, 7) is 5.14. The number of amides is 3. The summed E-state index contributed by atoms with van der Waals surface area (Å²) in [5.74, 6) is -1.40. The molecule has 0 radical (unpaired) electrons. The molecular weight excluding hydrogens is 310 g/mol. The Balaban J connectivity index is 1.95. The maximum absolute atomic E-state index is 12.6. The van der Waals surface area contributed by atoms with Crippen molar-refractivity contribution in [2.45, 2.75) is 64.0 Å². The second-order valence-electron chi connectivity index (χ2n) is 7.13. The SMILES string of the molecule is CCCCCN(C)C(=O)N1CCC[C@H]1C(=O)N[C@]1(C(=O)O)C[C@H]1C. The second kappa shape index (κ2) is 7.40. The molecule has 24 heavy (non-hydrogen) atoms. The number of rotatable bonds is 7. The Bertz CT molecular complexity index is 510. The Labute approximate surface area is 143 Å². The topological polar surface area (TPSA) is 90.0 Å². The van der Waals surface area contributed by atoms with E-state index in [9.17, 15) is 19.5 Å². The molecule has 2 rings (SSSR count). The lowest BCUT2D eigenvalue weighted by Gasteiger charge is -2.30. The third-order valence-corrected chi connectivity index (χ3v) is 5.26. The zero-order chi connectivity index (χ0) is 17.9. The minimum atomic E-state index is -1.14. The van der Waals surface area contributed by atoms with Crippen molar-refractivity contribution in [1.29, 1.82) is 0 Å². The molecule has 0 bridgehead atoms. The number of carboxylic acids is 1. The van der Waals surface area contributed by atoms with Crippen LogP contribution in [-0.4, -0.2) is 64.5 Å². The summed E-state index contributed by atoms with van der Waals surface area (Å²) in [5, 5.41) is 12.0. The van der Waals surface area contributed by atoms with Crippen LogP contribution >= 0.6 is 0 Å². The van der Waals surface area contributed by atoms with Crippen molar-refractivity contribution in [1.82, 2.24) is 15.1 Å². The van der Waals surface area contributed by atoms with E-state index >= 15 is 0 Å². The van der Waals surface area contributed by atoms with E-state index in [-0.39, 0.29) is 17.9 Å². The fourth-order valence-electron chi connectivity index (χ4n) is 3.44. The van der Waals surface area contributed by atoms with Crippen molar-refractivity contribution >= 4 is 17.9 Å². The molecule has 0 aromatic carbocycles. The molecular formula is C17H29N3O4. The first-order chi connectivity index (χ1) is 11.3. The summed E-state index contributed by atoms with van der Waals surface area (Å²) in [6, 6.07) is -0.702. The molecule has 1 saturated carbocycles. The van der Waals surface area contributed by atoms with E-state index in [4.69, 9.17) is 0 Å². The van der Waals surface area contributed by atoms with Gasteiger partial charge in [0, 0.05) is 20.1 Å². The highest BCUT2D eigenvalue weighted by atomic mass is 16.4. The molecule has 2 N–H and O–H groups in total. The first-order valence-electron chi connectivity index (χ1n) is 8.90. The monoisotopic (exact) mass is 339 g/mol. The Hall–Kier alpha value is -1.79. The minimum absolute atomic E-state index is 0.0683. The van der Waals surface area contributed by atoms with Crippen LogP contribution in [0.15, 0.2) is 0 Å². The number of carbonyl (C=O) groups excluding carboxylic acids is 2. The van der Waals surface area contributed by atoms with E-state index in [1.54, 1.807) is 16.8 Å². The van der Waals surface area contributed by atoms with Crippen LogP contribution < -0.4 is 5.32 Å². The van der Waals surface area contributed by atoms with Gasteiger partial charge in [0.1, 0.15) is 11.6 Å². The molecule has 3 amide bonds. The number of aliphatic carboxylic acids is 1. The Kier molecular flexibility index (Phi) is 5.72. The van der Waals surface area contributed by atoms with Gasteiger partial charge < -0.3 is 20.2 Å². The quantitative estimate of drug-likeness (QED) is 0.691. The largest absolute Gasteiger partial charge is 0.479 e. The molecule has 2 fully saturated rings. The Morgan fingerprint density at radius 1 is 1.33 bits per heavy atom. The number of carboxylic acid groups (broad SMARTS) is 1. The van der Waals surface area contributed by atoms with Gasteiger partial charge >= 0.3 is 12.0 Å². The van der Waals surface area contributed by atoms with Crippen molar-refractivity contribution in [2.24, 2.45) is 5.92 Å². The molecule has 7 nitrogen and oxygen atoms in total. The van der Waals surface area contributed by atoms with Gasteiger partial charge in [0.15, 0.2) is 0 Å². The van der Waals surface area contributed by atoms with Gasteiger partial charge in [-0.1, -0.05) is 26.7 Å². The van der Waals surface area contributed by atoms with Crippen LogP contribution in [0.5, 0.6) is 0 Å². The third-order valence-electron chi connectivity index (χ3n) is 5.26. The van der Waals surface area contributed by atoms with E-state index in [0.717, 1.165) is 25.7 Å². The van der Waals surface area contributed by atoms with Crippen LogP contribution in [0, 0.1) is 5.92 Å². The maximum Gasteiger partial charge on any atom is 0.329 e. The number of urea groups is 1. The molecule has 0 unspecified atom stereocenters. The van der Waals surface area contributed by atoms with Gasteiger partial charge in [-0.25, -0.2) is 9.59 Å². The fraction of sp³-hybridized carbons (Fsp3) is 0.824. The molecule has 1 saturated heterocycles. The molecule has 7 heteroatoms. The van der Waals surface area contributed by atoms with Crippen LogP contribution in [0.2, 0.25) is 0 Å². The van der Waals surface area contributed by atoms with Gasteiger partial charge in [-0.05, 0) is 31.6 Å². The van der Waals surface area contributed by atoms with Crippen molar-refractivity contribution < 1.29 is 19.5 Å². The summed E-state index contributed by atoms with van der Waals surface area (Å²) >= 11 is 0. The number of nitrogens with one attached hydrogen (secondary N) is 1. The normalized spacial score (nSPS) is 28.5. The third kappa shape index (κ3) is 3.65. The summed E-state index contributed by atoms with van der Waals surface area (Å²) in [7, 11) is 1.76. The fourth-order valence-corrected chi connectivity index (χ4v) is 3.44. The van der Waals surface area contributed by atoms with Crippen molar-refractivity contribution in [3.63, 3.8) is 0 Å². The number of unbranched alkanes of at least 4 members (excludes halogenated alkanes) is 2. The second-order valence-corrected chi connectivity index (χ2v) is 7.13. The molecule has 1 aliphatic heterocycles. The highest BCUT2D eigenvalue weighted by molar-refractivity contribution is 5.94. The lowest BCUT2D eigenvalue weighted by Crippen LogP contribution is -2.54. The average molecular weight is 339 g/mol. The molecule has 136 valence electrons. The Morgan fingerprint density at radius 2 is 2.00 bits per heavy atom. The zero-order valence-electron chi connectivity index (χ0n) is 14.9. The van der Waals surface area contributed by atoms with Gasteiger partial charge in [0.25, 0.3) is 0 Å². The first-order valence-corrected chi connectivity index (χ1v) is 8.90. The Morgan fingerprint density at radius 3 is 2.54 bits per heavy atom. The number of likely N-dealkylation sites (tertiary alicyclic amines) is 1. The molecule has 0 spiro atoms. The van der Waals surface area contributed by atoms with Crippen LogP contribution in [-0.2, 0) is 9.59 Å². The maximum atomic E-state index is 12.6. The van der Waals surface area contributed by atoms with Crippen LogP contribution in [0.4, 0.5) is 4.79 Å². The summed E-state index contributed by atoms with van der Waals surface area (Å²) in [6.07, 6.45) is 4.91. The van der Waals surface area contributed by atoms with Gasteiger partial charge in [0.2, 0.25) is 5.91 Å². The predicted molar refractivity (Wildman–Crippen MR) is 89.6 cm³/mol. The van der Waals surface area contributed by atoms with Crippen molar-refractivity contribution in [3.8, 4) is 0 Å². The summed E-state index contributed by atoms with van der Waals surface area (Å²) in [4.78, 5) is 39.8. The summed E-state index contributed by atoms with van der Waals surface area (Å²) in [5.41, 5.74) is -1.14.